The van der Waals surface area contributed by atoms with Crippen LogP contribution in [0.4, 0.5) is 23.2 Å². The lowest BCUT2D eigenvalue weighted by atomic mass is 10.1. The zero-order valence-corrected chi connectivity index (χ0v) is 16.0. The average molecular weight is 430 g/mol. The van der Waals surface area contributed by atoms with Gasteiger partial charge in [0.25, 0.3) is 9.84 Å². The summed E-state index contributed by atoms with van der Waals surface area (Å²) in [4.78, 5) is 12.3. The molecule has 0 unspecified atom stereocenters. The van der Waals surface area contributed by atoms with Crippen LogP contribution < -0.4 is 5.32 Å². The van der Waals surface area contributed by atoms with Crippen LogP contribution in [0.1, 0.15) is 24.0 Å². The normalized spacial score (nSPS) is 15.0. The number of sulfone groups is 1. The first-order valence-electron chi connectivity index (χ1n) is 8.78. The zero-order valence-electron chi connectivity index (χ0n) is 15.2. The molecule has 0 aliphatic carbocycles. The van der Waals surface area contributed by atoms with Gasteiger partial charge < -0.3 is 10.2 Å². The second-order valence-electron chi connectivity index (χ2n) is 6.68. The van der Waals surface area contributed by atoms with Crippen LogP contribution in [0.2, 0.25) is 0 Å². The summed E-state index contributed by atoms with van der Waals surface area (Å²) in [6.45, 7) is 1.13. The van der Waals surface area contributed by atoms with E-state index in [1.807, 2.05) is 6.07 Å². The minimum absolute atomic E-state index is 0.0216. The summed E-state index contributed by atoms with van der Waals surface area (Å²) in [6.07, 6.45) is 1.32. The van der Waals surface area contributed by atoms with Crippen molar-refractivity contribution in [3.8, 4) is 0 Å². The largest absolute Gasteiger partial charge is 0.501 e. The molecule has 0 saturated carbocycles. The molecule has 1 heterocycles. The van der Waals surface area contributed by atoms with Gasteiger partial charge in [0.15, 0.2) is 0 Å². The van der Waals surface area contributed by atoms with Crippen LogP contribution in [0.5, 0.6) is 0 Å². The van der Waals surface area contributed by atoms with E-state index in [-0.39, 0.29) is 18.1 Å². The summed E-state index contributed by atoms with van der Waals surface area (Å²) in [5.74, 6) is -1.02. The van der Waals surface area contributed by atoms with E-state index in [4.69, 9.17) is 0 Å². The lowest BCUT2D eigenvalue weighted by molar-refractivity contribution is -0.128. The molecule has 1 N–H and O–H groups in total. The Morgan fingerprint density at radius 3 is 2.45 bits per heavy atom. The molecule has 0 spiro atoms. The zero-order chi connectivity index (χ0) is 21.2. The third kappa shape index (κ3) is 4.69. The number of hydrogen-bond donors (Lipinski definition) is 1. The number of anilines is 1. The Morgan fingerprint density at radius 1 is 1.07 bits per heavy atom. The predicted molar refractivity (Wildman–Crippen MR) is 98.1 cm³/mol. The smallest absolute Gasteiger partial charge is 0.380 e. The lowest BCUT2D eigenvalue weighted by Crippen LogP contribution is -2.24. The molecule has 2 aromatic carbocycles. The highest BCUT2D eigenvalue weighted by Crippen LogP contribution is 2.35. The molecule has 10 heteroatoms. The van der Waals surface area contributed by atoms with Crippen LogP contribution in [0.15, 0.2) is 47.4 Å². The summed E-state index contributed by atoms with van der Waals surface area (Å²) in [5, 5.41) is 2.64. The lowest BCUT2D eigenvalue weighted by Gasteiger charge is -2.17. The van der Waals surface area contributed by atoms with E-state index in [1.54, 1.807) is 23.1 Å². The van der Waals surface area contributed by atoms with E-state index in [9.17, 15) is 30.8 Å². The number of carbonyl (C=O) groups is 1. The number of nitrogens with one attached hydrogen (secondary N) is 1. The van der Waals surface area contributed by atoms with Gasteiger partial charge in [-0.05, 0) is 35.7 Å². The van der Waals surface area contributed by atoms with Crippen molar-refractivity contribution in [3.05, 3.63) is 59.4 Å². The second-order valence-corrected chi connectivity index (χ2v) is 8.59. The third-order valence-electron chi connectivity index (χ3n) is 4.56. The van der Waals surface area contributed by atoms with Gasteiger partial charge in [-0.3, -0.25) is 4.79 Å². The maximum absolute atomic E-state index is 13.4. The van der Waals surface area contributed by atoms with E-state index in [2.05, 4.69) is 5.32 Å². The first-order valence-corrected chi connectivity index (χ1v) is 10.3. The van der Waals surface area contributed by atoms with Gasteiger partial charge in [0.2, 0.25) is 5.91 Å². The standard InChI is InChI=1S/C19H18F4N2O3S/c20-15-6-7-16(17(10-15)29(27,28)19(21,22)23)24-11-13-3-1-4-14(9-13)12-25-8-2-5-18(25)26/h1,3-4,6-7,9-10,24H,2,5,8,11-12H2. The highest BCUT2D eigenvalue weighted by molar-refractivity contribution is 7.92. The highest BCUT2D eigenvalue weighted by atomic mass is 32.2. The summed E-state index contributed by atoms with van der Waals surface area (Å²) in [7, 11) is -5.71. The molecule has 2 aromatic rings. The van der Waals surface area contributed by atoms with Gasteiger partial charge in [-0.25, -0.2) is 12.8 Å². The quantitative estimate of drug-likeness (QED) is 0.707. The van der Waals surface area contributed by atoms with Gasteiger partial charge in [0.05, 0.1) is 5.69 Å². The Labute approximate surface area is 165 Å². The number of halogens is 4. The number of hydrogen-bond acceptors (Lipinski definition) is 4. The molecule has 0 aromatic heterocycles. The molecule has 0 radical (unpaired) electrons. The van der Waals surface area contributed by atoms with Gasteiger partial charge >= 0.3 is 5.51 Å². The van der Waals surface area contributed by atoms with Gasteiger partial charge in [0.1, 0.15) is 10.7 Å². The molecular formula is C19H18F4N2O3S. The summed E-state index contributed by atoms with van der Waals surface area (Å²) in [5.41, 5.74) is -4.36. The van der Waals surface area contributed by atoms with E-state index in [0.717, 1.165) is 24.1 Å². The number of rotatable bonds is 6. The van der Waals surface area contributed by atoms with Crippen molar-refractivity contribution >= 4 is 21.4 Å². The van der Waals surface area contributed by atoms with Crippen molar-refractivity contribution in [2.24, 2.45) is 0 Å². The van der Waals surface area contributed by atoms with E-state index in [1.165, 1.54) is 0 Å². The van der Waals surface area contributed by atoms with E-state index < -0.39 is 26.1 Å². The maximum atomic E-state index is 13.4. The summed E-state index contributed by atoms with van der Waals surface area (Å²) < 4.78 is 75.6. The fourth-order valence-corrected chi connectivity index (χ4v) is 4.06. The fourth-order valence-electron chi connectivity index (χ4n) is 3.12. The number of alkyl halides is 3. The molecule has 1 amide bonds. The molecule has 3 rings (SSSR count). The van der Waals surface area contributed by atoms with Crippen molar-refractivity contribution in [2.75, 3.05) is 11.9 Å². The molecule has 1 saturated heterocycles. The minimum atomic E-state index is -5.71. The predicted octanol–water partition coefficient (Wildman–Crippen LogP) is 3.85. The Hall–Kier alpha value is -2.62. The second kappa shape index (κ2) is 8.02. The van der Waals surface area contributed by atoms with Gasteiger partial charge in [-0.15, -0.1) is 0 Å². The molecule has 0 bridgehead atoms. The van der Waals surface area contributed by atoms with Gasteiger partial charge in [-0.1, -0.05) is 24.3 Å². The molecule has 1 fully saturated rings. The monoisotopic (exact) mass is 430 g/mol. The van der Waals surface area contributed by atoms with Crippen LogP contribution >= 0.6 is 0 Å². The molecule has 1 aliphatic heterocycles. The van der Waals surface area contributed by atoms with Crippen molar-refractivity contribution in [1.29, 1.82) is 0 Å². The fraction of sp³-hybridized carbons (Fsp3) is 0.316. The van der Waals surface area contributed by atoms with Gasteiger partial charge in [0, 0.05) is 26.1 Å². The van der Waals surface area contributed by atoms with E-state index in [0.29, 0.717) is 31.1 Å². The summed E-state index contributed by atoms with van der Waals surface area (Å²) in [6, 6.07) is 9.25. The first kappa shape index (κ1) is 21.1. The Kier molecular flexibility index (Phi) is 5.83. The molecule has 0 atom stereocenters. The van der Waals surface area contributed by atoms with Crippen LogP contribution in [0, 0.1) is 5.82 Å². The molecule has 29 heavy (non-hydrogen) atoms. The highest BCUT2D eigenvalue weighted by Gasteiger charge is 2.48. The van der Waals surface area contributed by atoms with Gasteiger partial charge in [-0.2, -0.15) is 13.2 Å². The number of carbonyl (C=O) groups excluding carboxylic acids is 1. The van der Waals surface area contributed by atoms with Crippen molar-refractivity contribution in [2.45, 2.75) is 36.3 Å². The molecule has 1 aliphatic rings. The Morgan fingerprint density at radius 2 is 1.79 bits per heavy atom. The SMILES string of the molecule is O=C1CCCN1Cc1cccc(CNc2ccc(F)cc2S(=O)(=O)C(F)(F)F)c1. The topological polar surface area (TPSA) is 66.5 Å². The van der Waals surface area contributed by atoms with Crippen molar-refractivity contribution in [3.63, 3.8) is 0 Å². The Balaban J connectivity index is 1.79. The number of benzene rings is 2. The van der Waals surface area contributed by atoms with Crippen molar-refractivity contribution in [1.82, 2.24) is 4.90 Å². The average Bonchev–Trinajstić information content (AvgIpc) is 3.04. The van der Waals surface area contributed by atoms with Crippen molar-refractivity contribution < 1.29 is 30.8 Å². The van der Waals surface area contributed by atoms with Crippen LogP contribution in [0.3, 0.4) is 0 Å². The van der Waals surface area contributed by atoms with E-state index >= 15 is 0 Å². The number of nitrogens with zero attached hydrogens (tertiary/aromatic N) is 1. The number of likely N-dealkylation sites (tertiary alicyclic amines) is 1. The Bertz CT molecular complexity index is 1020. The summed E-state index contributed by atoms with van der Waals surface area (Å²) >= 11 is 0. The molecule has 156 valence electrons. The minimum Gasteiger partial charge on any atom is -0.380 e. The third-order valence-corrected chi connectivity index (χ3v) is 6.08. The van der Waals surface area contributed by atoms with Crippen LogP contribution in [0.25, 0.3) is 0 Å². The number of amides is 1. The van der Waals surface area contributed by atoms with Crippen LogP contribution in [-0.4, -0.2) is 31.3 Å². The maximum Gasteiger partial charge on any atom is 0.501 e. The molecular weight excluding hydrogens is 412 g/mol. The van der Waals surface area contributed by atoms with Crippen LogP contribution in [-0.2, 0) is 27.7 Å². The molecule has 5 nitrogen and oxygen atoms in total. The first-order chi connectivity index (χ1) is 13.6.